The highest BCUT2D eigenvalue weighted by Crippen LogP contribution is 2.37. The molecule has 0 atom stereocenters. The number of azo groups is 1. The Kier molecular flexibility index (Phi) is 8.82. The molecule has 0 radical (unpaired) electrons. The number of Topliss-reactive ketones (excluding diaryl/α,β-unsaturated/α-hetero) is 1. The number of nitro benzene ring substituents is 1. The van der Waals surface area contributed by atoms with E-state index >= 15 is 0 Å². The highest BCUT2D eigenvalue weighted by Gasteiger charge is 2.20. The molecule has 10 nitrogen and oxygen atoms in total. The topological polar surface area (TPSA) is 124 Å². The summed E-state index contributed by atoms with van der Waals surface area (Å²) in [6.45, 7) is -0.507. The smallest absolute Gasteiger partial charge is 0.340 e. The van der Waals surface area contributed by atoms with Crippen LogP contribution < -0.4 is 9.64 Å². The third-order valence-corrected chi connectivity index (χ3v) is 5.93. The van der Waals surface area contributed by atoms with Crippen molar-refractivity contribution < 1.29 is 24.0 Å². The van der Waals surface area contributed by atoms with E-state index in [1.807, 2.05) is 43.3 Å². The number of carbonyl (C=O) groups excluding carboxylic acids is 2. The average Bonchev–Trinajstić information content (AvgIpc) is 2.96. The Labute approximate surface area is 234 Å². The summed E-state index contributed by atoms with van der Waals surface area (Å²) in [6, 6.07) is 24.0. The zero-order valence-corrected chi connectivity index (χ0v) is 22.2. The summed E-state index contributed by atoms with van der Waals surface area (Å²) in [7, 11) is 3.87. The van der Waals surface area contributed by atoms with Crippen LogP contribution in [0, 0.1) is 10.1 Å². The van der Waals surface area contributed by atoms with Crippen LogP contribution in [0.1, 0.15) is 20.7 Å². The Morgan fingerprint density at radius 3 is 2.27 bits per heavy atom. The number of nitro groups is 1. The number of hydrogen-bond acceptors (Lipinski definition) is 9. The number of esters is 1. The van der Waals surface area contributed by atoms with Crippen molar-refractivity contribution in [2.45, 2.75) is 0 Å². The molecule has 0 aliphatic carbocycles. The van der Waals surface area contributed by atoms with Crippen molar-refractivity contribution in [3.8, 4) is 11.5 Å². The lowest BCUT2D eigenvalue weighted by atomic mass is 10.1. The molecule has 0 bridgehead atoms. The van der Waals surface area contributed by atoms with Crippen LogP contribution in [-0.4, -0.2) is 37.4 Å². The van der Waals surface area contributed by atoms with Crippen molar-refractivity contribution in [3.05, 3.63) is 117 Å². The first-order valence-corrected chi connectivity index (χ1v) is 12.3. The van der Waals surface area contributed by atoms with E-state index < -0.39 is 23.3 Å². The molecule has 0 fully saturated rings. The first-order chi connectivity index (χ1) is 19.2. The lowest BCUT2D eigenvalue weighted by Gasteiger charge is -2.11. The number of rotatable bonds is 10. The van der Waals surface area contributed by atoms with Gasteiger partial charge in [-0.3, -0.25) is 14.9 Å². The number of ether oxygens (including phenoxy) is 2. The fraction of sp³-hybridized carbons (Fsp3) is 0.103. The molecular formula is C29H23ClN4O6. The zero-order valence-electron chi connectivity index (χ0n) is 21.5. The number of benzene rings is 4. The van der Waals surface area contributed by atoms with Crippen molar-refractivity contribution in [1.29, 1.82) is 0 Å². The maximum atomic E-state index is 12.7. The molecule has 4 aromatic carbocycles. The van der Waals surface area contributed by atoms with Gasteiger partial charge in [0.15, 0.2) is 12.4 Å². The number of hydrogen-bond donors (Lipinski definition) is 0. The van der Waals surface area contributed by atoms with Crippen LogP contribution in [0.2, 0.25) is 5.02 Å². The molecule has 0 spiro atoms. The van der Waals surface area contributed by atoms with Gasteiger partial charge in [-0.25, -0.2) is 4.79 Å². The van der Waals surface area contributed by atoms with Crippen molar-refractivity contribution >= 4 is 46.1 Å². The second-order valence-electron chi connectivity index (χ2n) is 8.60. The molecule has 0 N–H and O–H groups in total. The molecule has 4 aromatic rings. The van der Waals surface area contributed by atoms with E-state index in [1.54, 1.807) is 18.2 Å². The van der Waals surface area contributed by atoms with Gasteiger partial charge in [0.25, 0.3) is 0 Å². The summed E-state index contributed by atoms with van der Waals surface area (Å²) in [5.74, 6) is -1.05. The van der Waals surface area contributed by atoms with E-state index in [1.165, 1.54) is 48.5 Å². The van der Waals surface area contributed by atoms with E-state index in [2.05, 4.69) is 10.2 Å². The quantitative estimate of drug-likeness (QED) is 0.0646. The van der Waals surface area contributed by atoms with E-state index in [9.17, 15) is 19.7 Å². The fourth-order valence-electron chi connectivity index (χ4n) is 3.52. The molecule has 0 saturated heterocycles. The van der Waals surface area contributed by atoms with E-state index in [0.717, 1.165) is 5.69 Å². The molecule has 4 rings (SSSR count). The van der Waals surface area contributed by atoms with Crippen LogP contribution in [0.25, 0.3) is 0 Å². The van der Waals surface area contributed by atoms with Gasteiger partial charge in [0.1, 0.15) is 11.4 Å². The number of para-hydroxylation sites is 1. The molecule has 0 heterocycles. The minimum absolute atomic E-state index is 0.0725. The van der Waals surface area contributed by atoms with Gasteiger partial charge in [0.2, 0.25) is 5.75 Å². The maximum Gasteiger partial charge on any atom is 0.340 e. The molecule has 0 unspecified atom stereocenters. The minimum Gasteiger partial charge on any atom is -0.454 e. The molecule has 0 amide bonds. The fourth-order valence-corrected chi connectivity index (χ4v) is 3.73. The van der Waals surface area contributed by atoms with Gasteiger partial charge in [0, 0.05) is 31.4 Å². The van der Waals surface area contributed by atoms with Gasteiger partial charge < -0.3 is 14.4 Å². The Morgan fingerprint density at radius 1 is 0.900 bits per heavy atom. The number of anilines is 1. The van der Waals surface area contributed by atoms with Gasteiger partial charge in [-0.15, -0.1) is 5.11 Å². The summed E-state index contributed by atoms with van der Waals surface area (Å²) in [5, 5.41) is 19.7. The monoisotopic (exact) mass is 558 g/mol. The van der Waals surface area contributed by atoms with Gasteiger partial charge in [-0.2, -0.15) is 5.11 Å². The molecule has 0 saturated carbocycles. The number of carbonyl (C=O) groups is 2. The molecule has 40 heavy (non-hydrogen) atoms. The van der Waals surface area contributed by atoms with Gasteiger partial charge in [0.05, 0.1) is 21.2 Å². The largest absolute Gasteiger partial charge is 0.454 e. The maximum absolute atomic E-state index is 12.7. The third kappa shape index (κ3) is 6.86. The SMILES string of the molecule is CN(C)c1ccc(N=Nc2ccccc2C(=O)OCC(=O)c2ccc(Oc3c(Cl)cccc3[N+](=O)[O-])cc2)cc1. The Bertz CT molecular complexity index is 1570. The Hall–Kier alpha value is -5.09. The van der Waals surface area contributed by atoms with Crippen LogP contribution in [0.3, 0.4) is 0 Å². The average molecular weight is 559 g/mol. The first-order valence-electron chi connectivity index (χ1n) is 11.9. The molecule has 0 aliphatic heterocycles. The highest BCUT2D eigenvalue weighted by molar-refractivity contribution is 6.32. The minimum atomic E-state index is -0.725. The van der Waals surface area contributed by atoms with E-state index in [4.69, 9.17) is 21.1 Å². The Balaban J connectivity index is 1.39. The van der Waals surface area contributed by atoms with Gasteiger partial charge in [-0.1, -0.05) is 29.8 Å². The molecule has 0 aromatic heterocycles. The summed E-state index contributed by atoms with van der Waals surface area (Å²) in [4.78, 5) is 38.0. The summed E-state index contributed by atoms with van der Waals surface area (Å²) in [6.07, 6.45) is 0. The number of halogens is 1. The van der Waals surface area contributed by atoms with Crippen LogP contribution in [0.15, 0.2) is 101 Å². The standard InChI is InChI=1S/C29H23ClN4O6/c1-33(2)21-14-12-20(13-15-21)31-32-25-8-4-3-6-23(25)29(36)39-18-27(35)19-10-16-22(17-11-19)40-28-24(30)7-5-9-26(28)34(37)38/h3-17H,18H2,1-2H3. The second kappa shape index (κ2) is 12.6. The summed E-state index contributed by atoms with van der Waals surface area (Å²) in [5.41, 5.74) is 2.05. The van der Waals surface area contributed by atoms with E-state index in [-0.39, 0.29) is 33.3 Å². The van der Waals surface area contributed by atoms with Crippen LogP contribution in [0.5, 0.6) is 11.5 Å². The van der Waals surface area contributed by atoms with Crippen molar-refractivity contribution in [2.24, 2.45) is 10.2 Å². The van der Waals surface area contributed by atoms with E-state index in [0.29, 0.717) is 11.4 Å². The molecular weight excluding hydrogens is 536 g/mol. The van der Waals surface area contributed by atoms with Crippen molar-refractivity contribution in [2.75, 3.05) is 25.6 Å². The predicted molar refractivity (Wildman–Crippen MR) is 151 cm³/mol. The van der Waals surface area contributed by atoms with Crippen molar-refractivity contribution in [3.63, 3.8) is 0 Å². The highest BCUT2D eigenvalue weighted by atomic mass is 35.5. The lowest BCUT2D eigenvalue weighted by molar-refractivity contribution is -0.385. The molecule has 11 heteroatoms. The summed E-state index contributed by atoms with van der Waals surface area (Å²) >= 11 is 6.06. The zero-order chi connectivity index (χ0) is 28.6. The number of ketones is 1. The van der Waals surface area contributed by atoms with Crippen molar-refractivity contribution in [1.82, 2.24) is 0 Å². The first kappa shape index (κ1) is 27.9. The van der Waals surface area contributed by atoms with Crippen LogP contribution >= 0.6 is 11.6 Å². The van der Waals surface area contributed by atoms with Gasteiger partial charge in [-0.05, 0) is 66.7 Å². The lowest BCUT2D eigenvalue weighted by Crippen LogP contribution is -2.14. The van der Waals surface area contributed by atoms with Gasteiger partial charge >= 0.3 is 11.7 Å². The normalized spacial score (nSPS) is 10.8. The predicted octanol–water partition coefficient (Wildman–Crippen LogP) is 7.56. The molecule has 202 valence electrons. The second-order valence-corrected chi connectivity index (χ2v) is 9.01. The van der Waals surface area contributed by atoms with Crippen LogP contribution in [-0.2, 0) is 4.74 Å². The third-order valence-electron chi connectivity index (χ3n) is 5.64. The Morgan fingerprint density at radius 2 is 1.60 bits per heavy atom. The molecule has 0 aliphatic rings. The number of nitrogens with zero attached hydrogens (tertiary/aromatic N) is 4. The van der Waals surface area contributed by atoms with Crippen LogP contribution in [0.4, 0.5) is 22.7 Å². The summed E-state index contributed by atoms with van der Waals surface area (Å²) < 4.78 is 10.8.